The van der Waals surface area contributed by atoms with Crippen LogP contribution in [0, 0.1) is 6.92 Å². The van der Waals surface area contributed by atoms with Crippen molar-refractivity contribution >= 4 is 22.6 Å². The molecule has 4 aromatic rings. The van der Waals surface area contributed by atoms with E-state index in [4.69, 9.17) is 4.98 Å². The minimum atomic E-state index is -0.0989. The zero-order valence-corrected chi connectivity index (χ0v) is 14.3. The summed E-state index contributed by atoms with van der Waals surface area (Å²) < 4.78 is 1.99. The van der Waals surface area contributed by atoms with Crippen LogP contribution in [0.15, 0.2) is 36.9 Å². The van der Waals surface area contributed by atoms with E-state index in [1.54, 1.807) is 12.7 Å². The van der Waals surface area contributed by atoms with Crippen LogP contribution in [0.4, 0.5) is 5.82 Å². The van der Waals surface area contributed by atoms with Crippen LogP contribution in [0.1, 0.15) is 26.3 Å². The highest BCUT2D eigenvalue weighted by atomic mass is 15.2. The van der Waals surface area contributed by atoms with Crippen molar-refractivity contribution in [3.8, 4) is 11.3 Å². The summed E-state index contributed by atoms with van der Waals surface area (Å²) in [7, 11) is 0. The Balaban J connectivity index is 2.02. The molecule has 0 aliphatic heterocycles. The normalized spacial score (nSPS) is 12.2. The van der Waals surface area contributed by atoms with Gasteiger partial charge in [-0.2, -0.15) is 0 Å². The van der Waals surface area contributed by atoms with Crippen LogP contribution in [0.25, 0.3) is 28.1 Å². The maximum Gasteiger partial charge on any atom is 0.182 e. The smallest absolute Gasteiger partial charge is 0.182 e. The van der Waals surface area contributed by atoms with Crippen LogP contribution in [0.2, 0.25) is 0 Å². The van der Waals surface area contributed by atoms with Gasteiger partial charge in [-0.15, -0.1) is 0 Å². The number of hydrogen-bond acceptors (Lipinski definition) is 4. The van der Waals surface area contributed by atoms with Crippen molar-refractivity contribution in [3.05, 3.63) is 42.5 Å². The number of nitrogens with one attached hydrogen (secondary N) is 2. The van der Waals surface area contributed by atoms with Crippen molar-refractivity contribution in [2.45, 2.75) is 33.2 Å². The van der Waals surface area contributed by atoms with E-state index in [1.807, 2.05) is 4.40 Å². The summed E-state index contributed by atoms with van der Waals surface area (Å²) in [4.78, 5) is 16.7. The summed E-state index contributed by atoms with van der Waals surface area (Å²) >= 11 is 0. The predicted octanol–water partition coefficient (Wildman–Crippen LogP) is 3.79. The second-order valence-corrected chi connectivity index (χ2v) is 7.09. The van der Waals surface area contributed by atoms with E-state index in [-0.39, 0.29) is 5.54 Å². The maximum atomic E-state index is 4.89. The Kier molecular flexibility index (Phi) is 3.09. The number of aryl methyl sites for hydroxylation is 1. The fourth-order valence-corrected chi connectivity index (χ4v) is 2.77. The molecule has 0 radical (unpaired) electrons. The molecule has 3 heterocycles. The van der Waals surface area contributed by atoms with Gasteiger partial charge in [0.15, 0.2) is 11.3 Å². The van der Waals surface area contributed by atoms with Gasteiger partial charge in [0.05, 0.1) is 6.33 Å². The zero-order valence-electron chi connectivity index (χ0n) is 14.3. The number of fused-ring (bicyclic) bond motifs is 3. The Morgan fingerprint density at radius 2 is 1.83 bits per heavy atom. The summed E-state index contributed by atoms with van der Waals surface area (Å²) in [5, 5.41) is 3.57. The average Bonchev–Trinajstić information content (AvgIpc) is 3.11. The molecular weight excluding hydrogens is 300 g/mol. The number of nitrogens with zero attached hydrogens (tertiary/aromatic N) is 4. The first-order valence-corrected chi connectivity index (χ1v) is 7.98. The quantitative estimate of drug-likeness (QED) is 0.589. The van der Waals surface area contributed by atoms with Crippen molar-refractivity contribution in [1.29, 1.82) is 0 Å². The number of H-pyrrole nitrogens is 1. The Hall–Kier alpha value is -2.89. The summed E-state index contributed by atoms with van der Waals surface area (Å²) in [5.74, 6) is 0.936. The molecule has 2 N–H and O–H groups in total. The highest BCUT2D eigenvalue weighted by Crippen LogP contribution is 2.32. The minimum Gasteiger partial charge on any atom is -0.365 e. The molecule has 0 atom stereocenters. The van der Waals surface area contributed by atoms with Gasteiger partial charge in [-0.1, -0.05) is 29.8 Å². The van der Waals surface area contributed by atoms with Gasteiger partial charge in [-0.05, 0) is 27.7 Å². The highest BCUT2D eigenvalue weighted by Gasteiger charge is 2.21. The molecule has 122 valence electrons. The molecule has 6 nitrogen and oxygen atoms in total. The topological polar surface area (TPSA) is 70.9 Å². The summed E-state index contributed by atoms with van der Waals surface area (Å²) in [6.45, 7) is 8.48. The SMILES string of the molecule is Cc1ccc(-c2nc3c4[nH]cnc4ncn3c2NC(C)(C)C)cc1. The van der Waals surface area contributed by atoms with Gasteiger partial charge < -0.3 is 10.3 Å². The summed E-state index contributed by atoms with van der Waals surface area (Å²) in [5.41, 5.74) is 5.44. The molecule has 0 bridgehead atoms. The molecule has 3 aromatic heterocycles. The molecule has 24 heavy (non-hydrogen) atoms. The number of benzene rings is 1. The third-order valence-corrected chi connectivity index (χ3v) is 3.87. The average molecular weight is 320 g/mol. The van der Waals surface area contributed by atoms with E-state index < -0.39 is 0 Å². The number of hydrogen-bond donors (Lipinski definition) is 2. The monoisotopic (exact) mass is 320 g/mol. The van der Waals surface area contributed by atoms with Gasteiger partial charge in [0.25, 0.3) is 0 Å². The van der Waals surface area contributed by atoms with Crippen molar-refractivity contribution < 1.29 is 0 Å². The molecule has 0 amide bonds. The van der Waals surface area contributed by atoms with Crippen molar-refractivity contribution in [3.63, 3.8) is 0 Å². The lowest BCUT2D eigenvalue weighted by atomic mass is 10.1. The second kappa shape index (κ2) is 5.06. The molecule has 0 spiro atoms. The zero-order chi connectivity index (χ0) is 16.9. The first-order chi connectivity index (χ1) is 11.4. The molecule has 1 aromatic carbocycles. The molecule has 0 aliphatic carbocycles. The molecule has 6 heteroatoms. The van der Waals surface area contributed by atoms with Crippen molar-refractivity contribution in [2.24, 2.45) is 0 Å². The fourth-order valence-electron chi connectivity index (χ4n) is 2.77. The molecule has 0 fully saturated rings. The molecule has 0 saturated carbocycles. The van der Waals surface area contributed by atoms with E-state index in [0.29, 0.717) is 5.65 Å². The number of anilines is 1. The lowest BCUT2D eigenvalue weighted by Crippen LogP contribution is -2.27. The summed E-state index contributed by atoms with van der Waals surface area (Å²) in [6, 6.07) is 8.40. The number of imidazole rings is 2. The van der Waals surface area contributed by atoms with E-state index in [2.05, 4.69) is 72.2 Å². The van der Waals surface area contributed by atoms with Crippen LogP contribution in [0.3, 0.4) is 0 Å². The first-order valence-electron chi connectivity index (χ1n) is 7.98. The Morgan fingerprint density at radius 3 is 2.54 bits per heavy atom. The molecule has 4 rings (SSSR count). The third-order valence-electron chi connectivity index (χ3n) is 3.87. The lowest BCUT2D eigenvalue weighted by molar-refractivity contribution is 0.629. The van der Waals surface area contributed by atoms with Gasteiger partial charge in [0, 0.05) is 11.1 Å². The number of aromatic nitrogens is 5. The van der Waals surface area contributed by atoms with Gasteiger partial charge in [-0.3, -0.25) is 4.40 Å². The van der Waals surface area contributed by atoms with Crippen LogP contribution in [-0.4, -0.2) is 29.9 Å². The Morgan fingerprint density at radius 1 is 1.08 bits per heavy atom. The molecule has 0 aliphatic rings. The largest absolute Gasteiger partial charge is 0.365 e. The van der Waals surface area contributed by atoms with Gasteiger partial charge >= 0.3 is 0 Å². The van der Waals surface area contributed by atoms with E-state index in [1.165, 1.54) is 5.56 Å². The van der Waals surface area contributed by atoms with Gasteiger partial charge in [0.1, 0.15) is 23.4 Å². The van der Waals surface area contributed by atoms with Crippen LogP contribution in [0.5, 0.6) is 0 Å². The minimum absolute atomic E-state index is 0.0989. The summed E-state index contributed by atoms with van der Waals surface area (Å²) in [6.07, 6.45) is 3.42. The second-order valence-electron chi connectivity index (χ2n) is 7.09. The van der Waals surface area contributed by atoms with Gasteiger partial charge in [0.2, 0.25) is 0 Å². The molecular formula is C18H20N6. The van der Waals surface area contributed by atoms with Gasteiger partial charge in [-0.25, -0.2) is 15.0 Å². The van der Waals surface area contributed by atoms with Crippen LogP contribution >= 0.6 is 0 Å². The van der Waals surface area contributed by atoms with Crippen molar-refractivity contribution in [2.75, 3.05) is 5.32 Å². The Labute approximate surface area is 140 Å². The van der Waals surface area contributed by atoms with E-state index in [0.717, 1.165) is 28.2 Å². The van der Waals surface area contributed by atoms with Crippen LogP contribution < -0.4 is 5.32 Å². The predicted molar refractivity (Wildman–Crippen MR) is 96.2 cm³/mol. The third kappa shape index (κ3) is 2.40. The van der Waals surface area contributed by atoms with E-state index in [9.17, 15) is 0 Å². The highest BCUT2D eigenvalue weighted by molar-refractivity contribution is 5.89. The van der Waals surface area contributed by atoms with Crippen molar-refractivity contribution in [1.82, 2.24) is 24.3 Å². The molecule has 0 unspecified atom stereocenters. The number of aromatic amines is 1. The lowest BCUT2D eigenvalue weighted by Gasteiger charge is -2.22. The molecule has 0 saturated heterocycles. The fraction of sp³-hybridized carbons (Fsp3) is 0.278. The standard InChI is InChI=1S/C18H20N6/c1-11-5-7-12(8-6-11)13-17(23-18(2,3)4)24-10-21-15-14(16(24)22-13)19-9-20-15/h5-10,23H,1-4H3,(H,19,20). The van der Waals surface area contributed by atoms with Crippen LogP contribution in [-0.2, 0) is 0 Å². The Bertz CT molecular complexity index is 1020. The van der Waals surface area contributed by atoms with E-state index >= 15 is 0 Å². The maximum absolute atomic E-state index is 4.89. The first kappa shape index (κ1) is 14.7. The number of rotatable bonds is 2.